The van der Waals surface area contributed by atoms with E-state index >= 15 is 0 Å². The number of carbonyl (C=O) groups is 1. The molecule has 1 saturated heterocycles. The number of thiophene rings is 1. The largest absolute Gasteiger partial charge is 0.353 e. The molecule has 0 N–H and O–H groups in total. The van der Waals surface area contributed by atoms with Gasteiger partial charge in [0.2, 0.25) is 5.91 Å². The summed E-state index contributed by atoms with van der Waals surface area (Å²) in [7, 11) is 0. The van der Waals surface area contributed by atoms with Crippen molar-refractivity contribution in [2.75, 3.05) is 31.1 Å². The molecule has 3 aromatic heterocycles. The Morgan fingerprint density at radius 3 is 2.50 bits per heavy atom. The normalized spacial score (nSPS) is 15.8. The highest BCUT2D eigenvalue weighted by molar-refractivity contribution is 7.10. The maximum absolute atomic E-state index is 12.9. The number of amides is 1. The van der Waals surface area contributed by atoms with Crippen molar-refractivity contribution in [2.45, 2.75) is 12.5 Å². The highest BCUT2D eigenvalue weighted by atomic mass is 32.1. The fraction of sp³-hybridized carbons (Fsp3) is 0.300. The van der Waals surface area contributed by atoms with E-state index in [-0.39, 0.29) is 11.9 Å². The number of pyridine rings is 1. The zero-order chi connectivity index (χ0) is 17.8. The molecule has 0 saturated carbocycles. The molecule has 1 aliphatic heterocycles. The van der Waals surface area contributed by atoms with Crippen molar-refractivity contribution in [3.05, 3.63) is 71.3 Å². The van der Waals surface area contributed by atoms with Gasteiger partial charge in [0.25, 0.3) is 0 Å². The molecule has 4 heterocycles. The molecule has 6 heteroatoms. The number of hydrogen-bond acceptors (Lipinski definition) is 4. The van der Waals surface area contributed by atoms with E-state index in [1.54, 1.807) is 11.3 Å². The Morgan fingerprint density at radius 2 is 1.85 bits per heavy atom. The van der Waals surface area contributed by atoms with Crippen LogP contribution < -0.4 is 4.90 Å². The van der Waals surface area contributed by atoms with Gasteiger partial charge in [-0.1, -0.05) is 12.1 Å². The van der Waals surface area contributed by atoms with Crippen LogP contribution in [0, 0.1) is 0 Å². The maximum atomic E-state index is 12.9. The first kappa shape index (κ1) is 16.8. The molecule has 0 unspecified atom stereocenters. The number of piperazine rings is 1. The zero-order valence-electron chi connectivity index (χ0n) is 14.6. The fourth-order valence-corrected chi connectivity index (χ4v) is 4.24. The Bertz CT molecular complexity index is 775. The van der Waals surface area contributed by atoms with E-state index in [0.717, 1.165) is 32.0 Å². The molecular weight excluding hydrogens is 344 g/mol. The van der Waals surface area contributed by atoms with Crippen molar-refractivity contribution >= 4 is 23.1 Å². The van der Waals surface area contributed by atoms with E-state index in [2.05, 4.69) is 25.9 Å². The summed E-state index contributed by atoms with van der Waals surface area (Å²) >= 11 is 1.71. The Balaban J connectivity index is 1.40. The number of rotatable bonds is 5. The molecule has 134 valence electrons. The van der Waals surface area contributed by atoms with Gasteiger partial charge in [0.1, 0.15) is 5.82 Å². The van der Waals surface area contributed by atoms with Crippen LogP contribution in [-0.2, 0) is 4.79 Å². The third-order valence-electron chi connectivity index (χ3n) is 4.83. The Labute approximate surface area is 157 Å². The van der Waals surface area contributed by atoms with Gasteiger partial charge in [0.15, 0.2) is 0 Å². The van der Waals surface area contributed by atoms with Gasteiger partial charge in [-0.05, 0) is 35.7 Å². The summed E-state index contributed by atoms with van der Waals surface area (Å²) in [6.45, 7) is 3.16. The summed E-state index contributed by atoms with van der Waals surface area (Å²) < 4.78 is 2.13. The molecule has 3 aromatic rings. The van der Waals surface area contributed by atoms with Gasteiger partial charge >= 0.3 is 0 Å². The second kappa shape index (κ2) is 7.74. The minimum atomic E-state index is 0.0753. The van der Waals surface area contributed by atoms with Gasteiger partial charge in [-0.25, -0.2) is 4.98 Å². The van der Waals surface area contributed by atoms with Crippen LogP contribution in [0.2, 0.25) is 0 Å². The standard InChI is InChI=1S/C20H22N4OS/c25-20(16-17(18-6-5-15-26-18)22-9-3-4-10-22)24-13-11-23(12-14-24)19-7-1-2-8-21-19/h1-10,15,17H,11-14,16H2/t17-/m0/s1. The van der Waals surface area contributed by atoms with Crippen molar-refractivity contribution in [3.63, 3.8) is 0 Å². The molecule has 0 spiro atoms. The van der Waals surface area contributed by atoms with E-state index in [4.69, 9.17) is 0 Å². The van der Waals surface area contributed by atoms with Crippen LogP contribution >= 0.6 is 11.3 Å². The number of anilines is 1. The van der Waals surface area contributed by atoms with Gasteiger partial charge in [-0.15, -0.1) is 11.3 Å². The number of nitrogens with zero attached hydrogens (tertiary/aromatic N) is 4. The molecule has 1 atom stereocenters. The smallest absolute Gasteiger partial charge is 0.225 e. The highest BCUT2D eigenvalue weighted by Gasteiger charge is 2.25. The summed E-state index contributed by atoms with van der Waals surface area (Å²) in [6, 6.07) is 14.2. The molecule has 1 amide bonds. The lowest BCUT2D eigenvalue weighted by Crippen LogP contribution is -2.49. The van der Waals surface area contributed by atoms with Crippen LogP contribution in [0.15, 0.2) is 66.4 Å². The van der Waals surface area contributed by atoms with Crippen LogP contribution in [0.4, 0.5) is 5.82 Å². The van der Waals surface area contributed by atoms with Gasteiger partial charge in [-0.2, -0.15) is 0 Å². The van der Waals surface area contributed by atoms with E-state index in [1.807, 2.05) is 59.9 Å². The lowest BCUT2D eigenvalue weighted by Gasteiger charge is -2.36. The van der Waals surface area contributed by atoms with Crippen LogP contribution in [0.1, 0.15) is 17.3 Å². The monoisotopic (exact) mass is 366 g/mol. The molecular formula is C20H22N4OS. The second-order valence-corrected chi connectivity index (χ2v) is 7.40. The van der Waals surface area contributed by atoms with Crippen LogP contribution in [0.5, 0.6) is 0 Å². The third kappa shape index (κ3) is 3.65. The first-order chi connectivity index (χ1) is 12.8. The SMILES string of the molecule is O=C(C[C@@H](c1cccs1)n1cccc1)N1CCN(c2ccccn2)CC1. The number of hydrogen-bond donors (Lipinski definition) is 0. The Morgan fingerprint density at radius 1 is 1.04 bits per heavy atom. The van der Waals surface area contributed by atoms with Gasteiger partial charge in [0, 0.05) is 49.6 Å². The van der Waals surface area contributed by atoms with Crippen LogP contribution in [0.3, 0.4) is 0 Å². The first-order valence-corrected chi connectivity index (χ1v) is 9.79. The Kier molecular flexibility index (Phi) is 5.02. The lowest BCUT2D eigenvalue weighted by molar-refractivity contribution is -0.132. The summed E-state index contributed by atoms with van der Waals surface area (Å²) in [5, 5.41) is 2.07. The number of carbonyl (C=O) groups excluding carboxylic acids is 1. The van der Waals surface area contributed by atoms with E-state index in [0.29, 0.717) is 6.42 Å². The average molecular weight is 366 g/mol. The molecule has 26 heavy (non-hydrogen) atoms. The molecule has 0 aliphatic carbocycles. The third-order valence-corrected chi connectivity index (χ3v) is 5.81. The topological polar surface area (TPSA) is 41.4 Å². The number of aromatic nitrogens is 2. The average Bonchev–Trinajstić information content (AvgIpc) is 3.41. The predicted octanol–water partition coefficient (Wildman–Crippen LogP) is 3.27. The minimum Gasteiger partial charge on any atom is -0.353 e. The molecule has 1 fully saturated rings. The maximum Gasteiger partial charge on any atom is 0.225 e. The van der Waals surface area contributed by atoms with Gasteiger partial charge in [0.05, 0.1) is 12.5 Å². The molecule has 1 aliphatic rings. The zero-order valence-corrected chi connectivity index (χ0v) is 15.4. The van der Waals surface area contributed by atoms with Crippen molar-refractivity contribution in [3.8, 4) is 0 Å². The molecule has 0 bridgehead atoms. The van der Waals surface area contributed by atoms with Crippen molar-refractivity contribution in [2.24, 2.45) is 0 Å². The first-order valence-electron chi connectivity index (χ1n) is 8.91. The highest BCUT2D eigenvalue weighted by Crippen LogP contribution is 2.27. The summed E-state index contributed by atoms with van der Waals surface area (Å²) in [5.74, 6) is 1.21. The van der Waals surface area contributed by atoms with Crippen molar-refractivity contribution in [1.29, 1.82) is 0 Å². The fourth-order valence-electron chi connectivity index (χ4n) is 3.41. The Hall–Kier alpha value is -2.60. The minimum absolute atomic E-state index is 0.0753. The van der Waals surface area contributed by atoms with Gasteiger partial charge < -0.3 is 14.4 Å². The van der Waals surface area contributed by atoms with Crippen LogP contribution in [0.25, 0.3) is 0 Å². The summed E-state index contributed by atoms with van der Waals surface area (Å²) in [4.78, 5) is 22.8. The van der Waals surface area contributed by atoms with E-state index in [1.165, 1.54) is 4.88 Å². The summed E-state index contributed by atoms with van der Waals surface area (Å²) in [6.07, 6.45) is 6.39. The lowest BCUT2D eigenvalue weighted by atomic mass is 10.1. The molecule has 0 radical (unpaired) electrons. The van der Waals surface area contributed by atoms with E-state index in [9.17, 15) is 4.79 Å². The van der Waals surface area contributed by atoms with Crippen molar-refractivity contribution < 1.29 is 4.79 Å². The molecule has 4 rings (SSSR count). The molecule has 5 nitrogen and oxygen atoms in total. The van der Waals surface area contributed by atoms with Gasteiger partial charge in [-0.3, -0.25) is 4.79 Å². The summed E-state index contributed by atoms with van der Waals surface area (Å²) in [5.41, 5.74) is 0. The van der Waals surface area contributed by atoms with E-state index < -0.39 is 0 Å². The second-order valence-electron chi connectivity index (χ2n) is 6.42. The quantitative estimate of drug-likeness (QED) is 0.696. The van der Waals surface area contributed by atoms with Crippen LogP contribution in [-0.4, -0.2) is 46.5 Å². The van der Waals surface area contributed by atoms with Crippen molar-refractivity contribution in [1.82, 2.24) is 14.5 Å². The molecule has 0 aromatic carbocycles. The predicted molar refractivity (Wildman–Crippen MR) is 105 cm³/mol.